The Hall–Kier alpha value is -1.89. The van der Waals surface area contributed by atoms with Crippen molar-refractivity contribution in [1.29, 1.82) is 0 Å². The van der Waals surface area contributed by atoms with E-state index in [1.165, 1.54) is 12.1 Å². The normalized spacial score (nSPS) is 16.3. The third-order valence-corrected chi connectivity index (χ3v) is 5.38. The van der Waals surface area contributed by atoms with Crippen LogP contribution in [0.2, 0.25) is 0 Å². The van der Waals surface area contributed by atoms with E-state index < -0.39 is 22.5 Å². The Morgan fingerprint density at radius 3 is 2.18 bits per heavy atom. The van der Waals surface area contributed by atoms with E-state index in [9.17, 15) is 18.0 Å². The molecule has 0 bridgehead atoms. The summed E-state index contributed by atoms with van der Waals surface area (Å²) in [5.74, 6) is -1.02. The lowest BCUT2D eigenvalue weighted by Gasteiger charge is -2.32. The zero-order chi connectivity index (χ0) is 16.7. The zero-order valence-electron chi connectivity index (χ0n) is 13.1. The van der Waals surface area contributed by atoms with Gasteiger partial charge in [-0.05, 0) is 39.8 Å². The number of carbonyl (C=O) groups excluding carboxylic acids is 2. The molecule has 0 atom stereocenters. The van der Waals surface area contributed by atoms with Gasteiger partial charge in [-0.1, -0.05) is 12.1 Å². The maximum Gasteiger partial charge on any atom is 0.269 e. The van der Waals surface area contributed by atoms with Gasteiger partial charge < -0.3 is 4.90 Å². The predicted octanol–water partition coefficient (Wildman–Crippen LogP) is 1.48. The molecule has 0 spiro atoms. The van der Waals surface area contributed by atoms with E-state index in [1.54, 1.807) is 17.0 Å². The molecule has 0 aliphatic carbocycles. The van der Waals surface area contributed by atoms with E-state index in [-0.39, 0.29) is 28.4 Å². The van der Waals surface area contributed by atoms with Crippen molar-refractivity contribution < 1.29 is 18.0 Å². The second kappa shape index (κ2) is 5.72. The second-order valence-electron chi connectivity index (χ2n) is 5.80. The number of benzene rings is 1. The van der Waals surface area contributed by atoms with Gasteiger partial charge in [0.25, 0.3) is 15.9 Å². The first-order chi connectivity index (χ1) is 10.2. The lowest BCUT2D eigenvalue weighted by atomic mass is 10.2. The molecule has 6 nitrogen and oxygen atoms in total. The highest BCUT2D eigenvalue weighted by Crippen LogP contribution is 2.29. The van der Waals surface area contributed by atoms with Crippen LogP contribution in [0.25, 0.3) is 0 Å². The Bertz CT molecular complexity index is 702. The van der Waals surface area contributed by atoms with E-state index in [0.29, 0.717) is 4.31 Å². The first-order valence-electron chi connectivity index (χ1n) is 7.15. The summed E-state index contributed by atoms with van der Waals surface area (Å²) in [4.78, 5) is 26.3. The van der Waals surface area contributed by atoms with Crippen LogP contribution < -0.4 is 0 Å². The summed E-state index contributed by atoms with van der Waals surface area (Å²) in [7, 11) is -3.94. The molecule has 120 valence electrons. The van der Waals surface area contributed by atoms with E-state index in [2.05, 4.69) is 0 Å². The van der Waals surface area contributed by atoms with Crippen LogP contribution in [0, 0.1) is 0 Å². The van der Waals surface area contributed by atoms with Crippen molar-refractivity contribution >= 4 is 21.8 Å². The lowest BCUT2D eigenvalue weighted by Crippen LogP contribution is -2.48. The molecule has 1 aromatic rings. The first-order valence-corrected chi connectivity index (χ1v) is 8.59. The minimum atomic E-state index is -3.94. The maximum absolute atomic E-state index is 12.4. The van der Waals surface area contributed by atoms with Crippen LogP contribution in [0.4, 0.5) is 0 Å². The van der Waals surface area contributed by atoms with Crippen molar-refractivity contribution in [2.45, 2.75) is 44.7 Å². The van der Waals surface area contributed by atoms with E-state index in [4.69, 9.17) is 0 Å². The molecule has 0 aromatic heterocycles. The average molecular weight is 324 g/mol. The monoisotopic (exact) mass is 324 g/mol. The molecule has 1 aromatic carbocycles. The average Bonchev–Trinajstić information content (AvgIpc) is 2.60. The highest BCUT2D eigenvalue weighted by Gasteiger charge is 2.42. The van der Waals surface area contributed by atoms with Crippen LogP contribution in [0.15, 0.2) is 29.2 Å². The van der Waals surface area contributed by atoms with Gasteiger partial charge in [-0.15, -0.1) is 0 Å². The van der Waals surface area contributed by atoms with Gasteiger partial charge in [0.15, 0.2) is 0 Å². The van der Waals surface area contributed by atoms with E-state index >= 15 is 0 Å². The Labute approximate surface area is 130 Å². The SMILES string of the molecule is CC(C)N(C(=O)CN1C(=O)c2ccccc2S1(=O)=O)C(C)C. The molecule has 7 heteroatoms. The number of amides is 2. The molecule has 2 amide bonds. The summed E-state index contributed by atoms with van der Waals surface area (Å²) in [6, 6.07) is 5.86. The van der Waals surface area contributed by atoms with Gasteiger partial charge in [0.1, 0.15) is 11.4 Å². The summed E-state index contributed by atoms with van der Waals surface area (Å²) in [6.45, 7) is 6.95. The third kappa shape index (κ3) is 2.61. The van der Waals surface area contributed by atoms with Gasteiger partial charge in [0.2, 0.25) is 5.91 Å². The first kappa shape index (κ1) is 16.5. The highest BCUT2D eigenvalue weighted by molar-refractivity contribution is 7.90. The van der Waals surface area contributed by atoms with Crippen molar-refractivity contribution in [3.63, 3.8) is 0 Å². The Morgan fingerprint density at radius 1 is 1.14 bits per heavy atom. The number of rotatable bonds is 4. The topological polar surface area (TPSA) is 74.8 Å². The lowest BCUT2D eigenvalue weighted by molar-refractivity contribution is -0.134. The second-order valence-corrected chi connectivity index (χ2v) is 7.63. The van der Waals surface area contributed by atoms with Crippen LogP contribution in [0.1, 0.15) is 38.1 Å². The van der Waals surface area contributed by atoms with Gasteiger partial charge in [-0.3, -0.25) is 9.59 Å². The standard InChI is InChI=1S/C15H20N2O4S/c1-10(2)17(11(3)4)14(18)9-16-15(19)12-7-5-6-8-13(12)22(16,20)21/h5-8,10-11H,9H2,1-4H3. The van der Waals surface area contributed by atoms with Gasteiger partial charge in [-0.2, -0.15) is 0 Å². The fraction of sp³-hybridized carbons (Fsp3) is 0.467. The quantitative estimate of drug-likeness (QED) is 0.841. The number of sulfonamides is 1. The Kier molecular flexibility index (Phi) is 4.28. The third-order valence-electron chi connectivity index (χ3n) is 3.59. The molecule has 1 aliphatic heterocycles. The van der Waals surface area contributed by atoms with Gasteiger partial charge in [0.05, 0.1) is 5.56 Å². The summed E-state index contributed by atoms with van der Waals surface area (Å²) in [5, 5.41) is 0. The summed E-state index contributed by atoms with van der Waals surface area (Å²) >= 11 is 0. The van der Waals surface area contributed by atoms with Gasteiger partial charge in [0, 0.05) is 12.1 Å². The molecular formula is C15H20N2O4S. The Morgan fingerprint density at radius 2 is 1.68 bits per heavy atom. The summed E-state index contributed by atoms with van der Waals surface area (Å²) in [5.41, 5.74) is 0.121. The minimum Gasteiger partial charge on any atom is -0.336 e. The molecule has 0 saturated carbocycles. The van der Waals surface area contributed by atoms with E-state index in [0.717, 1.165) is 0 Å². The van der Waals surface area contributed by atoms with Crippen LogP contribution in [0.5, 0.6) is 0 Å². The molecule has 2 rings (SSSR count). The van der Waals surface area contributed by atoms with Crippen molar-refractivity contribution in [3.05, 3.63) is 29.8 Å². The van der Waals surface area contributed by atoms with Crippen LogP contribution in [0.3, 0.4) is 0 Å². The molecule has 0 fully saturated rings. The van der Waals surface area contributed by atoms with Crippen molar-refractivity contribution in [1.82, 2.24) is 9.21 Å². The zero-order valence-corrected chi connectivity index (χ0v) is 13.9. The molecular weight excluding hydrogens is 304 g/mol. The van der Waals surface area contributed by atoms with Crippen molar-refractivity contribution in [3.8, 4) is 0 Å². The van der Waals surface area contributed by atoms with E-state index in [1.807, 2.05) is 27.7 Å². The van der Waals surface area contributed by atoms with Crippen LogP contribution >= 0.6 is 0 Å². The molecule has 1 aliphatic rings. The number of hydrogen-bond donors (Lipinski definition) is 0. The van der Waals surface area contributed by atoms with Gasteiger partial charge in [-0.25, -0.2) is 12.7 Å². The maximum atomic E-state index is 12.4. The molecule has 1 heterocycles. The number of fused-ring (bicyclic) bond motifs is 1. The smallest absolute Gasteiger partial charge is 0.269 e. The van der Waals surface area contributed by atoms with Crippen molar-refractivity contribution in [2.24, 2.45) is 0 Å². The molecule has 22 heavy (non-hydrogen) atoms. The molecule has 0 unspecified atom stereocenters. The fourth-order valence-electron chi connectivity index (χ4n) is 2.76. The molecule has 0 radical (unpaired) electrons. The summed E-state index contributed by atoms with van der Waals surface area (Å²) < 4.78 is 25.5. The fourth-order valence-corrected chi connectivity index (χ4v) is 4.28. The van der Waals surface area contributed by atoms with Crippen LogP contribution in [-0.2, 0) is 14.8 Å². The number of hydrogen-bond acceptors (Lipinski definition) is 4. The molecule has 0 N–H and O–H groups in total. The minimum absolute atomic E-state index is 0.0338. The largest absolute Gasteiger partial charge is 0.336 e. The van der Waals surface area contributed by atoms with Crippen molar-refractivity contribution in [2.75, 3.05) is 6.54 Å². The highest BCUT2D eigenvalue weighted by atomic mass is 32.2. The number of carbonyl (C=O) groups is 2. The van der Waals surface area contributed by atoms with Gasteiger partial charge >= 0.3 is 0 Å². The molecule has 0 saturated heterocycles. The number of nitrogens with zero attached hydrogens (tertiary/aromatic N) is 2. The van der Waals surface area contributed by atoms with Crippen LogP contribution in [-0.4, -0.2) is 48.1 Å². The summed E-state index contributed by atoms with van der Waals surface area (Å²) in [6.07, 6.45) is 0. The Balaban J connectivity index is 2.32. The predicted molar refractivity (Wildman–Crippen MR) is 81.8 cm³/mol.